The summed E-state index contributed by atoms with van der Waals surface area (Å²) in [5, 5.41) is 4.70. The minimum Gasteiger partial charge on any atom is -0.353 e. The standard InChI is InChI=1S/C17H19ClN4S/c1-13-4-2-7-16(19-13)21-8-10-22(11-9-21)17(23)20-15-6-3-5-14(18)12-15/h2-7,12H,8-11H2,1H3,(H,20,23). The molecule has 0 amide bonds. The van der Waals surface area contributed by atoms with Crippen molar-refractivity contribution in [3.05, 3.63) is 53.2 Å². The molecule has 1 fully saturated rings. The number of halogens is 1. The van der Waals surface area contributed by atoms with Crippen molar-refractivity contribution < 1.29 is 0 Å². The third-order valence-corrected chi connectivity index (χ3v) is 4.44. The number of piperazine rings is 1. The predicted molar refractivity (Wildman–Crippen MR) is 100 cm³/mol. The maximum Gasteiger partial charge on any atom is 0.173 e. The zero-order valence-electron chi connectivity index (χ0n) is 13.0. The van der Waals surface area contributed by atoms with Gasteiger partial charge in [-0.2, -0.15) is 0 Å². The highest BCUT2D eigenvalue weighted by atomic mass is 35.5. The quantitative estimate of drug-likeness (QED) is 0.840. The lowest BCUT2D eigenvalue weighted by Crippen LogP contribution is -2.50. The number of benzene rings is 1. The van der Waals surface area contributed by atoms with E-state index in [0.717, 1.165) is 48.5 Å². The van der Waals surface area contributed by atoms with Gasteiger partial charge in [0.15, 0.2) is 5.11 Å². The first-order chi connectivity index (χ1) is 11.1. The van der Waals surface area contributed by atoms with Crippen LogP contribution >= 0.6 is 23.8 Å². The molecule has 23 heavy (non-hydrogen) atoms. The Labute approximate surface area is 147 Å². The summed E-state index contributed by atoms with van der Waals surface area (Å²) in [5.74, 6) is 1.04. The maximum absolute atomic E-state index is 6.00. The highest BCUT2D eigenvalue weighted by Gasteiger charge is 2.20. The molecule has 2 heterocycles. The van der Waals surface area contributed by atoms with Crippen LogP contribution in [0, 0.1) is 6.92 Å². The molecule has 1 aliphatic heterocycles. The number of nitrogens with one attached hydrogen (secondary N) is 1. The Morgan fingerprint density at radius 3 is 2.57 bits per heavy atom. The molecule has 0 spiro atoms. The van der Waals surface area contributed by atoms with Gasteiger partial charge in [0.1, 0.15) is 5.82 Å². The molecule has 1 aliphatic rings. The summed E-state index contributed by atoms with van der Waals surface area (Å²) in [6, 6.07) is 13.7. The van der Waals surface area contributed by atoms with E-state index >= 15 is 0 Å². The molecular weight excluding hydrogens is 328 g/mol. The fraction of sp³-hybridized carbons (Fsp3) is 0.294. The lowest BCUT2D eigenvalue weighted by molar-refractivity contribution is 0.389. The van der Waals surface area contributed by atoms with Crippen LogP contribution in [0.25, 0.3) is 0 Å². The van der Waals surface area contributed by atoms with Crippen molar-refractivity contribution in [1.82, 2.24) is 9.88 Å². The number of hydrogen-bond acceptors (Lipinski definition) is 3. The first-order valence-corrected chi connectivity index (χ1v) is 8.40. The number of aromatic nitrogens is 1. The molecular formula is C17H19ClN4S. The van der Waals surface area contributed by atoms with Crippen LogP contribution in [-0.4, -0.2) is 41.2 Å². The van der Waals surface area contributed by atoms with Gasteiger partial charge >= 0.3 is 0 Å². The van der Waals surface area contributed by atoms with E-state index in [0.29, 0.717) is 5.02 Å². The molecule has 1 aromatic carbocycles. The monoisotopic (exact) mass is 346 g/mol. The van der Waals surface area contributed by atoms with Gasteiger partial charge in [0.25, 0.3) is 0 Å². The van der Waals surface area contributed by atoms with Crippen molar-refractivity contribution in [2.24, 2.45) is 0 Å². The first kappa shape index (κ1) is 16.0. The summed E-state index contributed by atoms with van der Waals surface area (Å²) >= 11 is 11.5. The lowest BCUT2D eigenvalue weighted by Gasteiger charge is -2.36. The number of pyridine rings is 1. The second-order valence-corrected chi connectivity index (χ2v) is 6.37. The molecule has 0 radical (unpaired) electrons. The van der Waals surface area contributed by atoms with Crippen molar-refractivity contribution in [2.45, 2.75) is 6.92 Å². The minimum atomic E-state index is 0.702. The second kappa shape index (κ2) is 7.15. The predicted octanol–water partition coefficient (Wildman–Crippen LogP) is 3.56. The number of hydrogen-bond donors (Lipinski definition) is 1. The first-order valence-electron chi connectivity index (χ1n) is 7.62. The summed E-state index contributed by atoms with van der Waals surface area (Å²) in [5.41, 5.74) is 1.97. The Balaban J connectivity index is 1.57. The fourth-order valence-electron chi connectivity index (χ4n) is 2.61. The van der Waals surface area contributed by atoms with Crippen molar-refractivity contribution >= 4 is 40.4 Å². The molecule has 6 heteroatoms. The zero-order chi connectivity index (χ0) is 16.2. The molecule has 0 atom stereocenters. The van der Waals surface area contributed by atoms with Crippen molar-refractivity contribution in [2.75, 3.05) is 36.4 Å². The smallest absolute Gasteiger partial charge is 0.173 e. The van der Waals surface area contributed by atoms with Gasteiger partial charge in [-0.1, -0.05) is 23.7 Å². The molecule has 0 bridgehead atoms. The van der Waals surface area contributed by atoms with Gasteiger partial charge in [-0.25, -0.2) is 4.98 Å². The Morgan fingerprint density at radius 2 is 1.87 bits per heavy atom. The van der Waals surface area contributed by atoms with Crippen LogP contribution in [0.5, 0.6) is 0 Å². The SMILES string of the molecule is Cc1cccc(N2CCN(C(=S)Nc3cccc(Cl)c3)CC2)n1. The Bertz CT molecular complexity index is 698. The normalized spacial score (nSPS) is 14.7. The van der Waals surface area contributed by atoms with Crippen molar-refractivity contribution in [3.63, 3.8) is 0 Å². The largest absolute Gasteiger partial charge is 0.353 e. The van der Waals surface area contributed by atoms with E-state index < -0.39 is 0 Å². The van der Waals surface area contributed by atoms with E-state index in [-0.39, 0.29) is 0 Å². The van der Waals surface area contributed by atoms with Gasteiger partial charge in [0, 0.05) is 42.6 Å². The van der Waals surface area contributed by atoms with Gasteiger partial charge in [-0.15, -0.1) is 0 Å². The van der Waals surface area contributed by atoms with Gasteiger partial charge in [-0.05, 0) is 49.5 Å². The third-order valence-electron chi connectivity index (χ3n) is 3.84. The molecule has 0 unspecified atom stereocenters. The van der Waals surface area contributed by atoms with E-state index in [2.05, 4.69) is 32.2 Å². The number of rotatable bonds is 2. The molecule has 1 aromatic heterocycles. The minimum absolute atomic E-state index is 0.702. The van der Waals surface area contributed by atoms with Crippen LogP contribution < -0.4 is 10.2 Å². The molecule has 2 aromatic rings. The molecule has 1 N–H and O–H groups in total. The molecule has 0 saturated carbocycles. The van der Waals surface area contributed by atoms with Gasteiger partial charge in [0.2, 0.25) is 0 Å². The summed E-state index contributed by atoms with van der Waals surface area (Å²) in [4.78, 5) is 9.07. The Morgan fingerprint density at radius 1 is 1.13 bits per heavy atom. The molecule has 120 valence electrons. The van der Waals surface area contributed by atoms with Crippen LogP contribution in [0.15, 0.2) is 42.5 Å². The van der Waals surface area contributed by atoms with Gasteiger partial charge in [0.05, 0.1) is 0 Å². The van der Waals surface area contributed by atoms with E-state index in [1.807, 2.05) is 37.3 Å². The van der Waals surface area contributed by atoms with E-state index in [9.17, 15) is 0 Å². The lowest BCUT2D eigenvalue weighted by atomic mass is 10.3. The summed E-state index contributed by atoms with van der Waals surface area (Å²) in [6.45, 7) is 5.59. The van der Waals surface area contributed by atoms with Crippen molar-refractivity contribution in [3.8, 4) is 0 Å². The Hall–Kier alpha value is -1.85. The van der Waals surface area contributed by atoms with Gasteiger partial charge in [-0.3, -0.25) is 0 Å². The van der Waals surface area contributed by atoms with E-state index in [1.54, 1.807) is 0 Å². The van der Waals surface area contributed by atoms with Crippen LogP contribution in [0.1, 0.15) is 5.69 Å². The summed E-state index contributed by atoms with van der Waals surface area (Å²) in [7, 11) is 0. The molecule has 4 nitrogen and oxygen atoms in total. The average molecular weight is 347 g/mol. The van der Waals surface area contributed by atoms with E-state index in [1.165, 1.54) is 0 Å². The van der Waals surface area contributed by atoms with Crippen LogP contribution in [0.2, 0.25) is 5.02 Å². The number of aryl methyl sites for hydroxylation is 1. The highest BCUT2D eigenvalue weighted by molar-refractivity contribution is 7.80. The molecule has 0 aliphatic carbocycles. The summed E-state index contributed by atoms with van der Waals surface area (Å²) in [6.07, 6.45) is 0. The van der Waals surface area contributed by atoms with Crippen LogP contribution in [0.4, 0.5) is 11.5 Å². The fourth-order valence-corrected chi connectivity index (χ4v) is 3.10. The van der Waals surface area contributed by atoms with Crippen LogP contribution in [0.3, 0.4) is 0 Å². The summed E-state index contributed by atoms with van der Waals surface area (Å²) < 4.78 is 0. The number of thiocarbonyl (C=S) groups is 1. The molecule has 3 rings (SSSR count). The number of anilines is 2. The third kappa shape index (κ3) is 4.12. The second-order valence-electron chi connectivity index (χ2n) is 5.55. The number of nitrogens with zero attached hydrogens (tertiary/aromatic N) is 3. The Kier molecular flexibility index (Phi) is 4.98. The highest BCUT2D eigenvalue weighted by Crippen LogP contribution is 2.17. The molecule has 1 saturated heterocycles. The van der Waals surface area contributed by atoms with Crippen LogP contribution in [-0.2, 0) is 0 Å². The topological polar surface area (TPSA) is 31.4 Å². The van der Waals surface area contributed by atoms with Crippen molar-refractivity contribution in [1.29, 1.82) is 0 Å². The zero-order valence-corrected chi connectivity index (χ0v) is 14.6. The average Bonchev–Trinajstić information content (AvgIpc) is 2.55. The van der Waals surface area contributed by atoms with E-state index in [4.69, 9.17) is 23.8 Å². The maximum atomic E-state index is 6.00. The van der Waals surface area contributed by atoms with Gasteiger partial charge < -0.3 is 15.1 Å².